The second kappa shape index (κ2) is 10.9. The topological polar surface area (TPSA) is 68.9 Å². The molecular formula is C18H21F3IN3O2. The third kappa shape index (κ3) is 6.49. The van der Waals surface area contributed by atoms with Gasteiger partial charge in [0.1, 0.15) is 0 Å². The molecule has 0 amide bonds. The third-order valence-electron chi connectivity index (χ3n) is 3.64. The zero-order valence-electron chi connectivity index (χ0n) is 14.9. The number of nitrogens with one attached hydrogen (secondary N) is 1. The van der Waals surface area contributed by atoms with Crippen molar-refractivity contribution >= 4 is 29.9 Å². The minimum Gasteiger partial charge on any atom is -0.493 e. The molecule has 5 nitrogen and oxygen atoms in total. The average Bonchev–Trinajstić information content (AvgIpc) is 2.64. The predicted octanol–water partition coefficient (Wildman–Crippen LogP) is 3.39. The van der Waals surface area contributed by atoms with Gasteiger partial charge in [0.25, 0.3) is 0 Å². The van der Waals surface area contributed by atoms with Crippen LogP contribution in [0.25, 0.3) is 0 Å². The van der Waals surface area contributed by atoms with Crippen LogP contribution in [0.1, 0.15) is 11.1 Å². The molecule has 0 radical (unpaired) electrons. The van der Waals surface area contributed by atoms with Crippen molar-refractivity contribution in [3.8, 4) is 11.5 Å². The Bertz CT molecular complexity index is 780. The first-order valence-corrected chi connectivity index (χ1v) is 7.82. The molecule has 0 aliphatic carbocycles. The van der Waals surface area contributed by atoms with Crippen LogP contribution in [0, 0.1) is 17.5 Å². The van der Waals surface area contributed by atoms with Crippen molar-refractivity contribution in [3.63, 3.8) is 0 Å². The fourth-order valence-electron chi connectivity index (χ4n) is 2.30. The van der Waals surface area contributed by atoms with E-state index < -0.39 is 17.5 Å². The van der Waals surface area contributed by atoms with Crippen molar-refractivity contribution in [2.75, 3.05) is 20.8 Å². The molecule has 0 aliphatic heterocycles. The van der Waals surface area contributed by atoms with Gasteiger partial charge < -0.3 is 20.5 Å². The molecule has 9 heteroatoms. The summed E-state index contributed by atoms with van der Waals surface area (Å²) in [5.74, 6) is -2.51. The Morgan fingerprint density at radius 3 is 2.22 bits per heavy atom. The smallest absolute Gasteiger partial charge is 0.194 e. The van der Waals surface area contributed by atoms with Crippen molar-refractivity contribution in [3.05, 3.63) is 58.9 Å². The lowest BCUT2D eigenvalue weighted by Crippen LogP contribution is -2.33. The van der Waals surface area contributed by atoms with Crippen LogP contribution in [-0.4, -0.2) is 26.7 Å². The average molecular weight is 495 g/mol. The normalized spacial score (nSPS) is 10.9. The number of methoxy groups -OCH3 is 2. The van der Waals surface area contributed by atoms with Gasteiger partial charge in [0.15, 0.2) is 34.9 Å². The molecule has 2 aromatic carbocycles. The van der Waals surface area contributed by atoms with Gasteiger partial charge in [-0.2, -0.15) is 0 Å². The molecule has 27 heavy (non-hydrogen) atoms. The number of hydrogen-bond acceptors (Lipinski definition) is 3. The summed E-state index contributed by atoms with van der Waals surface area (Å²) in [7, 11) is 3.10. The van der Waals surface area contributed by atoms with Gasteiger partial charge in [0, 0.05) is 6.54 Å². The number of rotatable bonds is 7. The maximum atomic E-state index is 13.1. The molecule has 0 fully saturated rings. The minimum atomic E-state index is -1.47. The lowest BCUT2D eigenvalue weighted by atomic mass is 10.1. The van der Waals surface area contributed by atoms with Gasteiger partial charge in [-0.3, -0.25) is 0 Å². The Labute approximate surface area is 172 Å². The van der Waals surface area contributed by atoms with Crippen LogP contribution in [0.15, 0.2) is 35.3 Å². The summed E-state index contributed by atoms with van der Waals surface area (Å²) >= 11 is 0. The largest absolute Gasteiger partial charge is 0.493 e. The van der Waals surface area contributed by atoms with Gasteiger partial charge in [-0.15, -0.1) is 24.0 Å². The number of guanidine groups is 1. The summed E-state index contributed by atoms with van der Waals surface area (Å²) in [6.45, 7) is 0.616. The van der Waals surface area contributed by atoms with Crippen LogP contribution >= 0.6 is 24.0 Å². The van der Waals surface area contributed by atoms with E-state index in [1.165, 1.54) is 0 Å². The van der Waals surface area contributed by atoms with Gasteiger partial charge >= 0.3 is 0 Å². The number of nitrogens with two attached hydrogens (primary N) is 1. The number of ether oxygens (including phenoxy) is 2. The molecule has 2 rings (SSSR count). The number of aliphatic imine (C=N–C) groups is 1. The molecule has 0 spiro atoms. The zero-order valence-corrected chi connectivity index (χ0v) is 17.2. The maximum Gasteiger partial charge on any atom is 0.194 e. The van der Waals surface area contributed by atoms with Gasteiger partial charge in [0.2, 0.25) is 0 Å². The first-order valence-electron chi connectivity index (χ1n) is 7.82. The summed E-state index contributed by atoms with van der Waals surface area (Å²) in [6, 6.07) is 7.31. The number of nitrogens with zero attached hydrogens (tertiary/aromatic N) is 1. The molecule has 148 valence electrons. The Hall–Kier alpha value is -2.17. The van der Waals surface area contributed by atoms with E-state index in [1.54, 1.807) is 26.4 Å². The van der Waals surface area contributed by atoms with Crippen LogP contribution in [0.4, 0.5) is 13.2 Å². The Morgan fingerprint density at radius 1 is 1.00 bits per heavy atom. The second-order valence-electron chi connectivity index (χ2n) is 5.44. The summed E-state index contributed by atoms with van der Waals surface area (Å²) in [4.78, 5) is 4.18. The van der Waals surface area contributed by atoms with Crippen molar-refractivity contribution in [2.24, 2.45) is 10.7 Å². The number of benzene rings is 2. The second-order valence-corrected chi connectivity index (χ2v) is 5.44. The van der Waals surface area contributed by atoms with E-state index in [0.717, 1.165) is 17.7 Å². The van der Waals surface area contributed by atoms with Crippen LogP contribution in [0.2, 0.25) is 0 Å². The van der Waals surface area contributed by atoms with Gasteiger partial charge in [0.05, 0.1) is 20.8 Å². The van der Waals surface area contributed by atoms with E-state index in [9.17, 15) is 13.2 Å². The lowest BCUT2D eigenvalue weighted by Gasteiger charge is -2.09. The monoisotopic (exact) mass is 495 g/mol. The molecule has 0 heterocycles. The molecule has 0 unspecified atom stereocenters. The molecule has 0 aromatic heterocycles. The van der Waals surface area contributed by atoms with E-state index >= 15 is 0 Å². The minimum absolute atomic E-state index is 0. The number of halogens is 4. The van der Waals surface area contributed by atoms with E-state index in [-0.39, 0.29) is 36.4 Å². The first kappa shape index (κ1) is 22.9. The van der Waals surface area contributed by atoms with Crippen LogP contribution in [0.3, 0.4) is 0 Å². The maximum absolute atomic E-state index is 13.1. The third-order valence-corrected chi connectivity index (χ3v) is 3.64. The highest BCUT2D eigenvalue weighted by atomic mass is 127. The molecule has 0 aliphatic rings. The summed E-state index contributed by atoms with van der Waals surface area (Å²) in [5, 5.41) is 2.84. The van der Waals surface area contributed by atoms with Gasteiger partial charge in [-0.25, -0.2) is 18.2 Å². The Morgan fingerprint density at radius 2 is 1.63 bits per heavy atom. The standard InChI is InChI=1S/C18H20F3N3O2.HI/c1-25-15-4-3-12(9-16(15)26-2)10-24-18(22)23-6-5-11-7-13(19)17(21)14(20)8-11;/h3-4,7-9H,5-6,10H2,1-2H3,(H3,22,23,24);1H. The highest BCUT2D eigenvalue weighted by Gasteiger charge is 2.10. The Kier molecular flexibility index (Phi) is 9.19. The first-order chi connectivity index (χ1) is 12.4. The highest BCUT2D eigenvalue weighted by molar-refractivity contribution is 14.0. The highest BCUT2D eigenvalue weighted by Crippen LogP contribution is 2.27. The molecule has 0 saturated carbocycles. The molecular weight excluding hydrogens is 474 g/mol. The number of hydrogen-bond donors (Lipinski definition) is 2. The van der Waals surface area contributed by atoms with E-state index in [2.05, 4.69) is 10.3 Å². The van der Waals surface area contributed by atoms with Crippen molar-refractivity contribution < 1.29 is 22.6 Å². The summed E-state index contributed by atoms with van der Waals surface area (Å²) < 4.78 is 49.6. The molecule has 0 saturated heterocycles. The van der Waals surface area contributed by atoms with Crippen LogP contribution in [0.5, 0.6) is 11.5 Å². The quantitative estimate of drug-likeness (QED) is 0.268. The fraction of sp³-hybridized carbons (Fsp3) is 0.278. The van der Waals surface area contributed by atoms with Gasteiger partial charge in [-0.05, 0) is 41.8 Å². The van der Waals surface area contributed by atoms with E-state index in [4.69, 9.17) is 15.2 Å². The van der Waals surface area contributed by atoms with Crippen molar-refractivity contribution in [1.82, 2.24) is 5.32 Å². The van der Waals surface area contributed by atoms with E-state index in [0.29, 0.717) is 30.2 Å². The zero-order chi connectivity index (χ0) is 19.1. The fourth-order valence-corrected chi connectivity index (χ4v) is 2.30. The lowest BCUT2D eigenvalue weighted by molar-refractivity contribution is 0.354. The molecule has 3 N–H and O–H groups in total. The molecule has 2 aromatic rings. The predicted molar refractivity (Wildman–Crippen MR) is 108 cm³/mol. The SMILES string of the molecule is COc1ccc(CN=C(N)NCCc2cc(F)c(F)c(F)c2)cc1OC.I. The van der Waals surface area contributed by atoms with Crippen molar-refractivity contribution in [1.29, 1.82) is 0 Å². The van der Waals surface area contributed by atoms with Crippen LogP contribution in [-0.2, 0) is 13.0 Å². The Balaban J connectivity index is 0.00000364. The van der Waals surface area contributed by atoms with E-state index in [1.807, 2.05) is 6.07 Å². The summed E-state index contributed by atoms with van der Waals surface area (Å²) in [5.41, 5.74) is 6.96. The van der Waals surface area contributed by atoms with Crippen LogP contribution < -0.4 is 20.5 Å². The van der Waals surface area contributed by atoms with Gasteiger partial charge in [-0.1, -0.05) is 6.07 Å². The molecule has 0 atom stereocenters. The molecule has 0 bridgehead atoms. The summed E-state index contributed by atoms with van der Waals surface area (Å²) in [6.07, 6.45) is 0.265. The van der Waals surface area contributed by atoms with Crippen molar-refractivity contribution in [2.45, 2.75) is 13.0 Å².